The summed E-state index contributed by atoms with van der Waals surface area (Å²) in [6.07, 6.45) is 1.55. The molecule has 0 saturated carbocycles. The highest BCUT2D eigenvalue weighted by Crippen LogP contribution is 2.18. The van der Waals surface area contributed by atoms with Gasteiger partial charge in [-0.05, 0) is 44.0 Å². The van der Waals surface area contributed by atoms with Crippen LogP contribution in [0, 0.1) is 18.3 Å². The first-order valence-electron chi connectivity index (χ1n) is 11.5. The maximum Gasteiger partial charge on any atom is 0.255 e. The van der Waals surface area contributed by atoms with Gasteiger partial charge in [0.05, 0.1) is 24.8 Å². The van der Waals surface area contributed by atoms with E-state index < -0.39 is 0 Å². The zero-order valence-corrected chi connectivity index (χ0v) is 19.0. The monoisotopic (exact) mass is 450 g/mol. The fraction of sp³-hybridized carbons (Fsp3) is 0.500. The maximum absolute atomic E-state index is 12.9. The number of aromatic amines is 1. The number of rotatable bonds is 5. The van der Waals surface area contributed by atoms with Gasteiger partial charge in [-0.25, -0.2) is 4.98 Å². The van der Waals surface area contributed by atoms with Crippen molar-refractivity contribution >= 4 is 17.5 Å². The molecule has 0 spiro atoms. The van der Waals surface area contributed by atoms with Gasteiger partial charge in [0.15, 0.2) is 0 Å². The molecule has 3 heterocycles. The standard InChI is InChI=1S/C24H30N6O3/c1-18-21(23(32)27-24(26-18)30-13-15-33-16-14-30)7-8-22(31)29-10-2-9-28(11-12-29)20-5-3-19(17-25)4-6-20/h3-6H,2,7-16H2,1H3,(H,26,27,32). The highest BCUT2D eigenvalue weighted by Gasteiger charge is 2.21. The Morgan fingerprint density at radius 1 is 1.09 bits per heavy atom. The number of morpholine rings is 1. The van der Waals surface area contributed by atoms with E-state index in [-0.39, 0.29) is 11.5 Å². The van der Waals surface area contributed by atoms with Gasteiger partial charge in [0.1, 0.15) is 0 Å². The Kier molecular flexibility index (Phi) is 7.25. The molecule has 9 heteroatoms. The Labute approximate surface area is 193 Å². The second kappa shape index (κ2) is 10.5. The number of aryl methyl sites for hydroxylation is 1. The van der Waals surface area contributed by atoms with Crippen molar-refractivity contribution in [3.8, 4) is 6.07 Å². The predicted octanol–water partition coefficient (Wildman–Crippen LogP) is 1.46. The van der Waals surface area contributed by atoms with Crippen LogP contribution in [0.3, 0.4) is 0 Å². The fourth-order valence-electron chi connectivity index (χ4n) is 4.38. The average Bonchev–Trinajstić information content (AvgIpc) is 3.10. The first-order chi connectivity index (χ1) is 16.0. The number of nitrogens with one attached hydrogen (secondary N) is 1. The Hall–Kier alpha value is -3.38. The average molecular weight is 451 g/mol. The van der Waals surface area contributed by atoms with Gasteiger partial charge >= 0.3 is 0 Å². The van der Waals surface area contributed by atoms with Crippen molar-refractivity contribution in [1.82, 2.24) is 14.9 Å². The highest BCUT2D eigenvalue weighted by atomic mass is 16.5. The largest absolute Gasteiger partial charge is 0.378 e. The number of nitrogens with zero attached hydrogens (tertiary/aromatic N) is 5. The molecule has 1 aromatic heterocycles. The molecule has 0 aliphatic carbocycles. The third kappa shape index (κ3) is 5.52. The first kappa shape index (κ1) is 22.8. The van der Waals surface area contributed by atoms with Crippen molar-refractivity contribution < 1.29 is 9.53 Å². The van der Waals surface area contributed by atoms with E-state index in [0.717, 1.165) is 25.2 Å². The number of carbonyl (C=O) groups is 1. The molecule has 33 heavy (non-hydrogen) atoms. The number of hydrogen-bond donors (Lipinski definition) is 1. The molecule has 4 rings (SSSR count). The summed E-state index contributed by atoms with van der Waals surface area (Å²) in [5.41, 5.74) is 2.80. The molecular weight excluding hydrogens is 420 g/mol. The van der Waals surface area contributed by atoms with E-state index in [4.69, 9.17) is 10.00 Å². The Balaban J connectivity index is 1.34. The molecule has 2 aromatic rings. The van der Waals surface area contributed by atoms with Crippen LogP contribution in [0.4, 0.5) is 11.6 Å². The Morgan fingerprint density at radius 3 is 2.55 bits per heavy atom. The quantitative estimate of drug-likeness (QED) is 0.735. The molecule has 2 aliphatic heterocycles. The molecular formula is C24H30N6O3. The number of amides is 1. The van der Waals surface area contributed by atoms with Gasteiger partial charge in [0.25, 0.3) is 5.56 Å². The van der Waals surface area contributed by atoms with Crippen LogP contribution in [0.15, 0.2) is 29.1 Å². The van der Waals surface area contributed by atoms with Crippen LogP contribution in [0.2, 0.25) is 0 Å². The summed E-state index contributed by atoms with van der Waals surface area (Å²) >= 11 is 0. The lowest BCUT2D eigenvalue weighted by molar-refractivity contribution is -0.130. The fourth-order valence-corrected chi connectivity index (χ4v) is 4.38. The number of aromatic nitrogens is 2. The minimum Gasteiger partial charge on any atom is -0.378 e. The van der Waals surface area contributed by atoms with Crippen molar-refractivity contribution in [2.24, 2.45) is 0 Å². The maximum atomic E-state index is 12.9. The lowest BCUT2D eigenvalue weighted by Gasteiger charge is -2.27. The summed E-state index contributed by atoms with van der Waals surface area (Å²) in [4.78, 5) is 39.2. The zero-order chi connectivity index (χ0) is 23.2. The molecule has 0 unspecified atom stereocenters. The molecule has 2 aliphatic rings. The van der Waals surface area contributed by atoms with Gasteiger partial charge in [-0.3, -0.25) is 14.6 Å². The van der Waals surface area contributed by atoms with Gasteiger partial charge in [0.2, 0.25) is 11.9 Å². The van der Waals surface area contributed by atoms with Crippen LogP contribution >= 0.6 is 0 Å². The minimum absolute atomic E-state index is 0.0627. The summed E-state index contributed by atoms with van der Waals surface area (Å²) < 4.78 is 5.36. The molecule has 174 valence electrons. The Morgan fingerprint density at radius 2 is 1.85 bits per heavy atom. The SMILES string of the molecule is Cc1nc(N2CCOCC2)[nH]c(=O)c1CCC(=O)N1CCCN(c2ccc(C#N)cc2)CC1. The second-order valence-electron chi connectivity index (χ2n) is 8.43. The van der Waals surface area contributed by atoms with E-state index >= 15 is 0 Å². The van der Waals surface area contributed by atoms with Crippen LogP contribution in [0.25, 0.3) is 0 Å². The van der Waals surface area contributed by atoms with E-state index in [1.54, 1.807) is 0 Å². The van der Waals surface area contributed by atoms with Crippen LogP contribution in [-0.4, -0.2) is 73.3 Å². The zero-order valence-electron chi connectivity index (χ0n) is 19.0. The van der Waals surface area contributed by atoms with E-state index in [1.807, 2.05) is 41.0 Å². The number of carbonyl (C=O) groups excluding carboxylic acids is 1. The molecule has 1 aromatic carbocycles. The van der Waals surface area contributed by atoms with Crippen molar-refractivity contribution in [2.75, 3.05) is 62.3 Å². The molecule has 1 amide bonds. The number of H-pyrrole nitrogens is 1. The number of benzene rings is 1. The molecule has 9 nitrogen and oxygen atoms in total. The van der Waals surface area contributed by atoms with Crippen molar-refractivity contribution in [1.29, 1.82) is 5.26 Å². The molecule has 2 fully saturated rings. The third-order valence-corrected chi connectivity index (χ3v) is 6.32. The number of nitriles is 1. The number of hydrogen-bond acceptors (Lipinski definition) is 7. The third-order valence-electron chi connectivity index (χ3n) is 6.32. The highest BCUT2D eigenvalue weighted by molar-refractivity contribution is 5.76. The minimum atomic E-state index is -0.167. The number of anilines is 2. The van der Waals surface area contributed by atoms with Gasteiger partial charge < -0.3 is 19.4 Å². The van der Waals surface area contributed by atoms with Crippen LogP contribution < -0.4 is 15.4 Å². The molecule has 1 N–H and O–H groups in total. The van der Waals surface area contributed by atoms with E-state index in [9.17, 15) is 9.59 Å². The van der Waals surface area contributed by atoms with Crippen molar-refractivity contribution in [3.05, 3.63) is 51.4 Å². The Bertz CT molecular complexity index is 1070. The second-order valence-corrected chi connectivity index (χ2v) is 8.43. The van der Waals surface area contributed by atoms with Gasteiger partial charge in [0, 0.05) is 62.6 Å². The summed E-state index contributed by atoms with van der Waals surface area (Å²) in [5, 5.41) is 8.98. The topological polar surface area (TPSA) is 106 Å². The van der Waals surface area contributed by atoms with Gasteiger partial charge in [-0.15, -0.1) is 0 Å². The van der Waals surface area contributed by atoms with E-state index in [2.05, 4.69) is 20.9 Å². The molecule has 0 radical (unpaired) electrons. The summed E-state index contributed by atoms with van der Waals surface area (Å²) in [6, 6.07) is 9.69. The number of ether oxygens (including phenoxy) is 1. The molecule has 0 bridgehead atoms. The van der Waals surface area contributed by atoms with E-state index in [1.165, 1.54) is 0 Å². The summed E-state index contributed by atoms with van der Waals surface area (Å²) in [7, 11) is 0. The lowest BCUT2D eigenvalue weighted by Crippen LogP contribution is -2.39. The van der Waals surface area contributed by atoms with Gasteiger partial charge in [-0.1, -0.05) is 0 Å². The first-order valence-corrected chi connectivity index (χ1v) is 11.5. The van der Waals surface area contributed by atoms with Crippen LogP contribution in [-0.2, 0) is 16.0 Å². The van der Waals surface area contributed by atoms with Crippen molar-refractivity contribution in [2.45, 2.75) is 26.2 Å². The molecule has 0 atom stereocenters. The van der Waals surface area contributed by atoms with E-state index in [0.29, 0.717) is 75.0 Å². The lowest BCUT2D eigenvalue weighted by atomic mass is 10.1. The smallest absolute Gasteiger partial charge is 0.255 e. The van der Waals surface area contributed by atoms with Crippen LogP contribution in [0.5, 0.6) is 0 Å². The van der Waals surface area contributed by atoms with Gasteiger partial charge in [-0.2, -0.15) is 5.26 Å². The predicted molar refractivity (Wildman–Crippen MR) is 126 cm³/mol. The van der Waals surface area contributed by atoms with Crippen molar-refractivity contribution in [3.63, 3.8) is 0 Å². The summed E-state index contributed by atoms with van der Waals surface area (Å²) in [6.45, 7) is 7.44. The summed E-state index contributed by atoms with van der Waals surface area (Å²) in [5.74, 6) is 0.638. The molecule has 2 saturated heterocycles. The van der Waals surface area contributed by atoms with Crippen LogP contribution in [0.1, 0.15) is 29.7 Å². The normalized spacial score (nSPS) is 16.9.